The van der Waals surface area contributed by atoms with E-state index in [2.05, 4.69) is 161 Å². The Labute approximate surface area is 251 Å². The Morgan fingerprint density at radius 2 is 0.837 bits per heavy atom. The van der Waals surface area contributed by atoms with Gasteiger partial charge in [-0.3, -0.25) is 4.98 Å². The van der Waals surface area contributed by atoms with Crippen LogP contribution in [-0.4, -0.2) is 9.55 Å². The van der Waals surface area contributed by atoms with Crippen molar-refractivity contribution >= 4 is 21.8 Å². The van der Waals surface area contributed by atoms with Crippen LogP contribution >= 0.6 is 0 Å². The molecule has 0 aliphatic carbocycles. The second-order valence-corrected chi connectivity index (χ2v) is 10.9. The van der Waals surface area contributed by atoms with E-state index in [1.165, 1.54) is 55.2 Å². The monoisotopic (exact) mass is 548 g/mol. The van der Waals surface area contributed by atoms with Gasteiger partial charge in [-0.25, -0.2) is 0 Å². The van der Waals surface area contributed by atoms with E-state index >= 15 is 0 Å². The molecule has 0 unspecified atom stereocenters. The van der Waals surface area contributed by atoms with E-state index in [0.29, 0.717) is 0 Å². The maximum atomic E-state index is 4.56. The van der Waals surface area contributed by atoms with Gasteiger partial charge in [0.2, 0.25) is 0 Å². The Bertz CT molecular complexity index is 2170. The Morgan fingerprint density at radius 1 is 0.349 bits per heavy atom. The molecule has 8 rings (SSSR count). The molecule has 2 heteroatoms. The predicted molar refractivity (Wildman–Crippen MR) is 180 cm³/mol. The molecule has 202 valence electrons. The summed E-state index contributed by atoms with van der Waals surface area (Å²) in [6, 6.07) is 58.6. The van der Waals surface area contributed by atoms with Gasteiger partial charge in [-0.05, 0) is 88.0 Å². The van der Waals surface area contributed by atoms with E-state index in [9.17, 15) is 0 Å². The van der Waals surface area contributed by atoms with Crippen molar-refractivity contribution in [3.05, 3.63) is 170 Å². The molecule has 0 spiro atoms. The first kappa shape index (κ1) is 25.0. The fraction of sp³-hybridized carbons (Fsp3) is 0. The Morgan fingerprint density at radius 3 is 1.49 bits per heavy atom. The summed E-state index contributed by atoms with van der Waals surface area (Å²) in [6.07, 6.45) is 1.84. The fourth-order valence-electron chi connectivity index (χ4n) is 6.17. The maximum absolute atomic E-state index is 4.56. The van der Waals surface area contributed by atoms with Crippen molar-refractivity contribution in [2.45, 2.75) is 0 Å². The maximum Gasteiger partial charge on any atom is 0.0702 e. The van der Waals surface area contributed by atoms with Crippen LogP contribution in [-0.2, 0) is 0 Å². The third kappa shape index (κ3) is 4.60. The van der Waals surface area contributed by atoms with Crippen molar-refractivity contribution in [1.82, 2.24) is 9.55 Å². The van der Waals surface area contributed by atoms with E-state index in [1.54, 1.807) is 0 Å². The van der Waals surface area contributed by atoms with Crippen molar-refractivity contribution in [3.63, 3.8) is 0 Å². The molecule has 2 heterocycles. The summed E-state index contributed by atoms with van der Waals surface area (Å²) in [5, 5.41) is 2.53. The second-order valence-electron chi connectivity index (χ2n) is 10.9. The number of aromatic nitrogens is 2. The van der Waals surface area contributed by atoms with Gasteiger partial charge in [0.1, 0.15) is 0 Å². The zero-order chi connectivity index (χ0) is 28.6. The number of pyridine rings is 1. The zero-order valence-corrected chi connectivity index (χ0v) is 23.6. The third-order valence-electron chi connectivity index (χ3n) is 8.22. The highest BCUT2D eigenvalue weighted by atomic mass is 15.0. The van der Waals surface area contributed by atoms with Crippen LogP contribution in [0.25, 0.3) is 72.1 Å². The molecule has 43 heavy (non-hydrogen) atoms. The minimum atomic E-state index is 0.979. The lowest BCUT2D eigenvalue weighted by atomic mass is 9.94. The largest absolute Gasteiger partial charge is 0.309 e. The molecule has 2 nitrogen and oxygen atoms in total. The molecular formula is C41H28N2. The van der Waals surface area contributed by atoms with E-state index < -0.39 is 0 Å². The fourth-order valence-corrected chi connectivity index (χ4v) is 6.17. The molecule has 0 amide bonds. The summed E-state index contributed by atoms with van der Waals surface area (Å²) in [5.41, 5.74) is 12.8. The summed E-state index contributed by atoms with van der Waals surface area (Å²) in [7, 11) is 0. The Kier molecular flexibility index (Phi) is 6.16. The van der Waals surface area contributed by atoms with Gasteiger partial charge >= 0.3 is 0 Å². The number of hydrogen-bond donors (Lipinski definition) is 0. The van der Waals surface area contributed by atoms with Crippen LogP contribution in [0.3, 0.4) is 0 Å². The van der Waals surface area contributed by atoms with Crippen molar-refractivity contribution in [2.24, 2.45) is 0 Å². The zero-order valence-electron chi connectivity index (χ0n) is 23.6. The molecule has 0 saturated heterocycles. The summed E-state index contributed by atoms with van der Waals surface area (Å²) in [6.45, 7) is 0. The Hall–Kier alpha value is -5.73. The SMILES string of the molecule is c1ccc(-c2cc(-c3cccc(-c4cccc(-c5ccccn5)c4)c3)cc(-n3c4ccccc4c4ccccc43)c2)cc1. The topological polar surface area (TPSA) is 17.8 Å². The van der Waals surface area contributed by atoms with Crippen molar-refractivity contribution < 1.29 is 0 Å². The smallest absolute Gasteiger partial charge is 0.0702 e. The van der Waals surface area contributed by atoms with E-state index in [-0.39, 0.29) is 0 Å². The van der Waals surface area contributed by atoms with Crippen LogP contribution in [0.1, 0.15) is 0 Å². The standard InChI is InChI=1S/C41H28N2/c1-2-12-29(13-3-1)34-26-35(28-36(27-34)43-40-21-6-4-18-37(40)38-19-5-7-22-41(38)43)32-16-10-14-30(24-32)31-15-11-17-33(25-31)39-20-8-9-23-42-39/h1-28H. The molecular weight excluding hydrogens is 520 g/mol. The summed E-state index contributed by atoms with van der Waals surface area (Å²) in [4.78, 5) is 4.56. The minimum absolute atomic E-state index is 0.979. The molecule has 8 aromatic rings. The average molecular weight is 549 g/mol. The first-order valence-electron chi connectivity index (χ1n) is 14.6. The van der Waals surface area contributed by atoms with Crippen LogP contribution < -0.4 is 0 Å². The highest BCUT2D eigenvalue weighted by Gasteiger charge is 2.14. The number of para-hydroxylation sites is 2. The quantitative estimate of drug-likeness (QED) is 0.209. The lowest BCUT2D eigenvalue weighted by Gasteiger charge is -2.15. The molecule has 0 atom stereocenters. The molecule has 6 aromatic carbocycles. The summed E-state index contributed by atoms with van der Waals surface area (Å²) >= 11 is 0. The molecule has 0 aliphatic heterocycles. The predicted octanol–water partition coefficient (Wildman–Crippen LogP) is 10.8. The van der Waals surface area contributed by atoms with E-state index in [1.807, 2.05) is 18.3 Å². The number of rotatable bonds is 5. The first-order chi connectivity index (χ1) is 21.3. The van der Waals surface area contributed by atoms with Crippen LogP contribution in [0.4, 0.5) is 0 Å². The number of benzene rings is 6. The van der Waals surface area contributed by atoms with Gasteiger partial charge in [-0.2, -0.15) is 0 Å². The average Bonchev–Trinajstić information content (AvgIpc) is 3.43. The van der Waals surface area contributed by atoms with Crippen molar-refractivity contribution in [2.75, 3.05) is 0 Å². The van der Waals surface area contributed by atoms with E-state index in [0.717, 1.165) is 16.9 Å². The minimum Gasteiger partial charge on any atom is -0.309 e. The van der Waals surface area contributed by atoms with Crippen LogP contribution in [0.5, 0.6) is 0 Å². The molecule has 0 saturated carbocycles. The normalized spacial score (nSPS) is 11.3. The number of nitrogens with zero attached hydrogens (tertiary/aromatic N) is 2. The first-order valence-corrected chi connectivity index (χ1v) is 14.6. The molecule has 2 aromatic heterocycles. The van der Waals surface area contributed by atoms with Gasteiger partial charge < -0.3 is 4.57 Å². The molecule has 0 bridgehead atoms. The van der Waals surface area contributed by atoms with Crippen molar-refractivity contribution in [3.8, 4) is 50.3 Å². The van der Waals surface area contributed by atoms with Crippen LogP contribution in [0.2, 0.25) is 0 Å². The highest BCUT2D eigenvalue weighted by Crippen LogP contribution is 2.37. The van der Waals surface area contributed by atoms with Crippen molar-refractivity contribution in [1.29, 1.82) is 0 Å². The summed E-state index contributed by atoms with van der Waals surface area (Å²) < 4.78 is 2.40. The number of fused-ring (bicyclic) bond motifs is 3. The van der Waals surface area contributed by atoms with Gasteiger partial charge in [0.15, 0.2) is 0 Å². The molecule has 0 N–H and O–H groups in total. The van der Waals surface area contributed by atoms with Gasteiger partial charge in [-0.15, -0.1) is 0 Å². The highest BCUT2D eigenvalue weighted by molar-refractivity contribution is 6.09. The summed E-state index contributed by atoms with van der Waals surface area (Å²) in [5.74, 6) is 0. The van der Waals surface area contributed by atoms with E-state index in [4.69, 9.17) is 0 Å². The van der Waals surface area contributed by atoms with Crippen LogP contribution in [0, 0.1) is 0 Å². The second kappa shape index (κ2) is 10.6. The molecule has 0 fully saturated rings. The lowest BCUT2D eigenvalue weighted by Crippen LogP contribution is -1.96. The van der Waals surface area contributed by atoms with Gasteiger partial charge in [0.25, 0.3) is 0 Å². The third-order valence-corrected chi connectivity index (χ3v) is 8.22. The molecule has 0 radical (unpaired) electrons. The lowest BCUT2D eigenvalue weighted by molar-refractivity contribution is 1.18. The van der Waals surface area contributed by atoms with Crippen LogP contribution in [0.15, 0.2) is 170 Å². The van der Waals surface area contributed by atoms with Gasteiger partial charge in [-0.1, -0.05) is 109 Å². The van der Waals surface area contributed by atoms with Gasteiger partial charge in [0.05, 0.1) is 16.7 Å². The number of hydrogen-bond acceptors (Lipinski definition) is 1. The molecule has 0 aliphatic rings. The Balaban J connectivity index is 1.31. The van der Waals surface area contributed by atoms with Gasteiger partial charge in [0, 0.05) is 28.2 Å².